The fraction of sp³-hybridized carbons (Fsp3) is 0.167. The van der Waals surface area contributed by atoms with Gasteiger partial charge in [0.15, 0.2) is 0 Å². The van der Waals surface area contributed by atoms with Crippen molar-refractivity contribution in [1.29, 1.82) is 0 Å². The Morgan fingerprint density at radius 1 is 1.43 bits per heavy atom. The molecule has 0 aliphatic heterocycles. The molecule has 0 spiro atoms. The Morgan fingerprint density at radius 3 is 2.21 bits per heavy atom. The third-order valence-electron chi connectivity index (χ3n) is 1.14. The second kappa shape index (κ2) is 5.30. The molecule has 78 valence electrons. The minimum absolute atomic E-state index is 0.624. The van der Waals surface area contributed by atoms with Gasteiger partial charge in [-0.15, -0.1) is 0 Å². The van der Waals surface area contributed by atoms with E-state index < -0.39 is 10.4 Å². The Hall–Kier alpha value is -1.47. The maximum Gasteiger partial charge on any atom is 0.394 e. The highest BCUT2D eigenvalue weighted by Crippen LogP contribution is 2.00. The van der Waals surface area contributed by atoms with Crippen LogP contribution in [-0.2, 0) is 10.4 Å². The molecule has 8 heteroatoms. The minimum Gasteiger partial charge on any atom is -0.399 e. The van der Waals surface area contributed by atoms with E-state index in [2.05, 4.69) is 4.79 Å². The molecule has 0 amide bonds. The van der Waals surface area contributed by atoms with Gasteiger partial charge >= 0.3 is 10.4 Å². The lowest BCUT2D eigenvalue weighted by Gasteiger charge is -1.94. The summed E-state index contributed by atoms with van der Waals surface area (Å²) in [6, 6.07) is 0. The molecule has 0 bridgehead atoms. The third kappa shape index (κ3) is 8.62. The number of rotatable bonds is 0. The molecule has 0 saturated carbocycles. The van der Waals surface area contributed by atoms with E-state index in [4.69, 9.17) is 28.8 Å². The van der Waals surface area contributed by atoms with Crippen molar-refractivity contribution in [2.75, 3.05) is 0 Å². The molecular formula is C6H9N3O4S. The lowest BCUT2D eigenvalue weighted by molar-refractivity contribution is -0.00541. The molecule has 0 aromatic rings. The average molecular weight is 219 g/mol. The summed E-state index contributed by atoms with van der Waals surface area (Å²) in [5.41, 5.74) is 15.0. The molecule has 0 aromatic carbocycles. The van der Waals surface area contributed by atoms with Gasteiger partial charge in [0, 0.05) is 11.8 Å². The summed E-state index contributed by atoms with van der Waals surface area (Å²) < 4.78 is 31.6. The molecule has 14 heavy (non-hydrogen) atoms. The van der Waals surface area contributed by atoms with Crippen LogP contribution in [0, 0.1) is 0 Å². The zero-order chi connectivity index (χ0) is 11.2. The summed E-state index contributed by atoms with van der Waals surface area (Å²) >= 11 is 0. The summed E-state index contributed by atoms with van der Waals surface area (Å²) in [5.74, 6) is 0. The van der Waals surface area contributed by atoms with Gasteiger partial charge in [-0.05, 0) is 12.2 Å². The SMILES string of the molecule is O=S(=O)(O)O.[N-]=[N+]=C1C=CC(N)=CC1. The molecular weight excluding hydrogens is 210 g/mol. The van der Waals surface area contributed by atoms with E-state index in [1.165, 1.54) is 0 Å². The van der Waals surface area contributed by atoms with Gasteiger partial charge in [0.1, 0.15) is 0 Å². The second-order valence-electron chi connectivity index (χ2n) is 2.28. The van der Waals surface area contributed by atoms with Crippen molar-refractivity contribution in [2.24, 2.45) is 5.73 Å². The number of nitrogens with zero attached hydrogens (tertiary/aromatic N) is 2. The van der Waals surface area contributed by atoms with Crippen molar-refractivity contribution >= 4 is 16.1 Å². The number of hydrogen-bond donors (Lipinski definition) is 3. The monoisotopic (exact) mass is 219 g/mol. The van der Waals surface area contributed by atoms with Gasteiger partial charge in [-0.25, -0.2) is 0 Å². The predicted molar refractivity (Wildman–Crippen MR) is 48.8 cm³/mol. The van der Waals surface area contributed by atoms with Crippen molar-refractivity contribution in [2.45, 2.75) is 6.42 Å². The summed E-state index contributed by atoms with van der Waals surface area (Å²) in [6.07, 6.45) is 5.82. The predicted octanol–water partition coefficient (Wildman–Crippen LogP) is -0.193. The third-order valence-corrected chi connectivity index (χ3v) is 1.14. The molecule has 0 atom stereocenters. The van der Waals surface area contributed by atoms with Crippen LogP contribution < -0.4 is 5.73 Å². The van der Waals surface area contributed by atoms with Crippen LogP contribution in [-0.4, -0.2) is 28.0 Å². The minimum atomic E-state index is -4.67. The largest absolute Gasteiger partial charge is 0.399 e. The summed E-state index contributed by atoms with van der Waals surface area (Å²) in [7, 11) is -4.67. The first-order chi connectivity index (χ1) is 6.33. The lowest BCUT2D eigenvalue weighted by Crippen LogP contribution is -2.03. The topological polar surface area (TPSA) is 137 Å². The van der Waals surface area contributed by atoms with Crippen molar-refractivity contribution < 1.29 is 22.3 Å². The maximum absolute atomic E-state index is 8.74. The molecule has 0 unspecified atom stereocenters. The normalized spacial score (nSPS) is 15.0. The Balaban J connectivity index is 0.000000292. The highest BCUT2D eigenvalue weighted by atomic mass is 32.3. The van der Waals surface area contributed by atoms with Crippen LogP contribution in [0.2, 0.25) is 0 Å². The molecule has 1 rings (SSSR count). The van der Waals surface area contributed by atoms with E-state index >= 15 is 0 Å². The smallest absolute Gasteiger partial charge is 0.394 e. The Bertz CT molecular complexity index is 395. The van der Waals surface area contributed by atoms with Crippen LogP contribution in [0.5, 0.6) is 0 Å². The van der Waals surface area contributed by atoms with E-state index in [0.29, 0.717) is 12.1 Å². The van der Waals surface area contributed by atoms with Crippen LogP contribution >= 0.6 is 0 Å². The van der Waals surface area contributed by atoms with E-state index in [1.54, 1.807) is 18.2 Å². The highest BCUT2D eigenvalue weighted by Gasteiger charge is 2.04. The van der Waals surface area contributed by atoms with Crippen LogP contribution in [0.1, 0.15) is 6.42 Å². The van der Waals surface area contributed by atoms with E-state index in [9.17, 15) is 0 Å². The van der Waals surface area contributed by atoms with Crippen LogP contribution in [0.15, 0.2) is 23.9 Å². The van der Waals surface area contributed by atoms with Crippen molar-refractivity contribution in [3.63, 3.8) is 0 Å². The average Bonchev–Trinajstić information content (AvgIpc) is 2.03. The van der Waals surface area contributed by atoms with Crippen LogP contribution in [0.25, 0.3) is 5.53 Å². The van der Waals surface area contributed by atoms with Crippen LogP contribution in [0.4, 0.5) is 0 Å². The first-order valence-corrected chi connectivity index (χ1v) is 4.77. The summed E-state index contributed by atoms with van der Waals surface area (Å²) in [4.78, 5) is 3.01. The molecule has 7 nitrogen and oxygen atoms in total. The van der Waals surface area contributed by atoms with Gasteiger partial charge in [0.25, 0.3) is 5.71 Å². The quantitative estimate of drug-likeness (QED) is 0.294. The Kier molecular flexibility index (Phi) is 4.74. The van der Waals surface area contributed by atoms with Crippen molar-refractivity contribution in [3.05, 3.63) is 29.5 Å². The molecule has 0 heterocycles. The molecule has 1 aliphatic rings. The van der Waals surface area contributed by atoms with Gasteiger partial charge in [0.05, 0.1) is 6.42 Å². The van der Waals surface area contributed by atoms with Crippen molar-refractivity contribution in [3.8, 4) is 0 Å². The van der Waals surface area contributed by atoms with Crippen LogP contribution in [0.3, 0.4) is 0 Å². The maximum atomic E-state index is 8.74. The van der Waals surface area contributed by atoms with Crippen molar-refractivity contribution in [1.82, 2.24) is 0 Å². The molecule has 0 radical (unpaired) electrons. The molecule has 0 fully saturated rings. The van der Waals surface area contributed by atoms with E-state index in [0.717, 1.165) is 5.70 Å². The molecule has 0 aromatic heterocycles. The summed E-state index contributed by atoms with van der Waals surface area (Å²) in [5, 5.41) is 0. The molecule has 4 N–H and O–H groups in total. The second-order valence-corrected chi connectivity index (χ2v) is 3.18. The van der Waals surface area contributed by atoms with Gasteiger partial charge in [-0.3, -0.25) is 9.11 Å². The molecule has 1 aliphatic carbocycles. The van der Waals surface area contributed by atoms with E-state index in [-0.39, 0.29) is 0 Å². The number of nitrogens with two attached hydrogens (primary N) is 1. The lowest BCUT2D eigenvalue weighted by atomic mass is 10.1. The zero-order valence-corrected chi connectivity index (χ0v) is 7.85. The standard InChI is InChI=1S/C6H7N3.H2O4S/c7-5-1-3-6(9-8)4-2-5;1-5(2,3)4/h1-3H,4,7H2;(H2,1,2,3,4). The Morgan fingerprint density at radius 2 is 1.93 bits per heavy atom. The highest BCUT2D eigenvalue weighted by molar-refractivity contribution is 7.79. The van der Waals surface area contributed by atoms with E-state index in [1.807, 2.05) is 0 Å². The summed E-state index contributed by atoms with van der Waals surface area (Å²) in [6.45, 7) is 0. The van der Waals surface area contributed by atoms with Gasteiger partial charge in [-0.2, -0.15) is 13.2 Å². The first kappa shape index (κ1) is 12.5. The van der Waals surface area contributed by atoms with Gasteiger partial charge in [-0.1, -0.05) is 0 Å². The number of hydrogen-bond acceptors (Lipinski definition) is 3. The number of allylic oxidation sites excluding steroid dienone is 3. The fourth-order valence-electron chi connectivity index (χ4n) is 0.625. The first-order valence-electron chi connectivity index (χ1n) is 3.37. The van der Waals surface area contributed by atoms with Gasteiger partial charge < -0.3 is 11.3 Å². The van der Waals surface area contributed by atoms with Gasteiger partial charge in [0.2, 0.25) is 0 Å². The Labute approximate surface area is 80.7 Å². The molecule has 0 saturated heterocycles. The fourth-order valence-corrected chi connectivity index (χ4v) is 0.625. The zero-order valence-electron chi connectivity index (χ0n) is 7.03.